The highest BCUT2D eigenvalue weighted by Crippen LogP contribution is 2.17. The predicted octanol–water partition coefficient (Wildman–Crippen LogP) is 5.14. The van der Waals surface area contributed by atoms with E-state index in [9.17, 15) is 0 Å². The van der Waals surface area contributed by atoms with Crippen LogP contribution < -0.4 is 14.1 Å². The summed E-state index contributed by atoms with van der Waals surface area (Å²) in [5, 5.41) is 0. The molecule has 0 saturated heterocycles. The van der Waals surface area contributed by atoms with Crippen molar-refractivity contribution in [3.05, 3.63) is 110 Å². The molecule has 30 heavy (non-hydrogen) atoms. The van der Waals surface area contributed by atoms with Crippen LogP contribution in [0.15, 0.2) is 110 Å². The second kappa shape index (κ2) is 10.9. The average molecular weight is 399 g/mol. The van der Waals surface area contributed by atoms with E-state index in [1.54, 1.807) is 4.73 Å². The van der Waals surface area contributed by atoms with E-state index in [-0.39, 0.29) is 7.43 Å². The highest BCUT2D eigenvalue weighted by Gasteiger charge is 2.06. The fourth-order valence-corrected chi connectivity index (χ4v) is 3.32. The Labute approximate surface area is 179 Å². The first kappa shape index (κ1) is 21.3. The summed E-state index contributed by atoms with van der Waals surface area (Å²) in [7, 11) is 0. The number of aromatic nitrogens is 2. The Morgan fingerprint density at radius 3 is 1.53 bits per heavy atom. The Balaban J connectivity index is 0.00000256. The lowest BCUT2D eigenvalue weighted by molar-refractivity contribution is -0.891. The Bertz CT molecular complexity index is 913. The number of rotatable bonds is 8. The second-order valence-electron chi connectivity index (χ2n) is 7.04. The fraction of sp³-hybridized carbons (Fsp3) is 0.185. The molecule has 4 aromatic rings. The Kier molecular flexibility index (Phi) is 7.73. The van der Waals surface area contributed by atoms with Crippen molar-refractivity contribution in [2.45, 2.75) is 26.8 Å². The van der Waals surface area contributed by atoms with Gasteiger partial charge < -0.3 is 0 Å². The van der Waals surface area contributed by atoms with E-state index in [4.69, 9.17) is 4.84 Å². The molecule has 0 N–H and O–H groups in total. The third-order valence-electron chi connectivity index (χ3n) is 4.96. The summed E-state index contributed by atoms with van der Waals surface area (Å²) in [5.41, 5.74) is 4.92. The van der Waals surface area contributed by atoms with E-state index in [1.807, 2.05) is 24.5 Å². The number of hydrogen-bond donors (Lipinski definition) is 0. The maximum atomic E-state index is 5.82. The molecule has 4 rings (SSSR count). The molecule has 2 aromatic heterocycles. The quantitative estimate of drug-likeness (QED) is 0.297. The monoisotopic (exact) mass is 398 g/mol. The van der Waals surface area contributed by atoms with Gasteiger partial charge >= 0.3 is 0 Å². The molecule has 0 aliphatic heterocycles. The van der Waals surface area contributed by atoms with Crippen LogP contribution in [0.3, 0.4) is 0 Å². The first-order valence-electron chi connectivity index (χ1n) is 10.1. The summed E-state index contributed by atoms with van der Waals surface area (Å²) in [4.78, 5) is 5.82. The molecule has 0 atom stereocenters. The van der Waals surface area contributed by atoms with Gasteiger partial charge in [-0.3, -0.25) is 4.84 Å². The lowest BCUT2D eigenvalue weighted by Gasteiger charge is -2.02. The van der Waals surface area contributed by atoms with Gasteiger partial charge in [0.2, 0.25) is 12.4 Å². The van der Waals surface area contributed by atoms with Crippen LogP contribution in [0.5, 0.6) is 0 Å². The van der Waals surface area contributed by atoms with Crippen molar-refractivity contribution in [2.75, 3.05) is 6.61 Å². The van der Waals surface area contributed by atoms with Gasteiger partial charge in [0.25, 0.3) is 0 Å². The van der Waals surface area contributed by atoms with Gasteiger partial charge in [-0.2, -0.15) is 0 Å². The highest BCUT2D eigenvalue weighted by molar-refractivity contribution is 5.62. The summed E-state index contributed by atoms with van der Waals surface area (Å²) in [6.07, 6.45) is 10.3. The van der Waals surface area contributed by atoms with Crippen molar-refractivity contribution in [1.29, 1.82) is 0 Å². The Morgan fingerprint density at radius 1 is 0.533 bits per heavy atom. The van der Waals surface area contributed by atoms with Crippen molar-refractivity contribution in [1.82, 2.24) is 0 Å². The zero-order valence-electron chi connectivity index (χ0n) is 16.5. The van der Waals surface area contributed by atoms with Crippen LogP contribution in [0, 0.1) is 0 Å². The van der Waals surface area contributed by atoms with E-state index in [2.05, 4.69) is 89.8 Å². The number of nitrogens with zero attached hydrogens (tertiary/aromatic N) is 2. The average Bonchev–Trinajstić information content (AvgIpc) is 2.81. The lowest BCUT2D eigenvalue weighted by Crippen LogP contribution is -2.42. The normalized spacial score (nSPS) is 10.3. The first-order chi connectivity index (χ1) is 14.4. The van der Waals surface area contributed by atoms with Gasteiger partial charge in [-0.15, -0.1) is 0 Å². The van der Waals surface area contributed by atoms with E-state index >= 15 is 0 Å². The molecule has 3 heteroatoms. The summed E-state index contributed by atoms with van der Waals surface area (Å²) in [6, 6.07) is 29.4. The molecule has 0 aliphatic rings. The van der Waals surface area contributed by atoms with Crippen LogP contribution in [0.4, 0.5) is 0 Å². The van der Waals surface area contributed by atoms with Crippen LogP contribution in [0.1, 0.15) is 20.3 Å². The van der Waals surface area contributed by atoms with Crippen molar-refractivity contribution < 1.29 is 14.1 Å². The maximum absolute atomic E-state index is 5.82. The predicted molar refractivity (Wildman–Crippen MR) is 122 cm³/mol. The minimum atomic E-state index is 0. The number of unbranched alkanes of at least 4 members (excludes halogenated alkanes) is 1. The van der Waals surface area contributed by atoms with Crippen molar-refractivity contribution in [3.63, 3.8) is 0 Å². The van der Waals surface area contributed by atoms with Crippen molar-refractivity contribution >= 4 is 0 Å². The number of aryl methyl sites for hydroxylation is 1. The van der Waals surface area contributed by atoms with Gasteiger partial charge in [0.05, 0.1) is 0 Å². The molecular formula is C27H30N2O+2. The molecule has 0 unspecified atom stereocenters. The third kappa shape index (κ3) is 5.77. The van der Waals surface area contributed by atoms with Crippen molar-refractivity contribution in [2.24, 2.45) is 0 Å². The molecule has 2 heterocycles. The Hall–Kier alpha value is -3.46. The van der Waals surface area contributed by atoms with Crippen LogP contribution in [0.25, 0.3) is 22.3 Å². The SMILES string of the molecule is C.c1ccc(-c2cc[n+](CCCCO[n+]3ccc(-c4ccccc4)cc3)cc2)cc1. The number of benzene rings is 2. The van der Waals surface area contributed by atoms with Gasteiger partial charge in [0.1, 0.15) is 6.54 Å². The molecule has 0 fully saturated rings. The topological polar surface area (TPSA) is 17.0 Å². The first-order valence-corrected chi connectivity index (χ1v) is 10.1. The maximum Gasteiger partial charge on any atom is 0.223 e. The van der Waals surface area contributed by atoms with E-state index in [1.165, 1.54) is 22.3 Å². The fourth-order valence-electron chi connectivity index (χ4n) is 3.32. The van der Waals surface area contributed by atoms with Gasteiger partial charge in [-0.05, 0) is 28.7 Å². The zero-order chi connectivity index (χ0) is 19.7. The van der Waals surface area contributed by atoms with Gasteiger partial charge in [0, 0.05) is 35.4 Å². The molecule has 0 saturated carbocycles. The molecule has 0 amide bonds. The van der Waals surface area contributed by atoms with Gasteiger partial charge in [0.15, 0.2) is 19.0 Å². The highest BCUT2D eigenvalue weighted by atomic mass is 16.7. The van der Waals surface area contributed by atoms with Gasteiger partial charge in [-0.1, -0.05) is 68.1 Å². The summed E-state index contributed by atoms with van der Waals surface area (Å²) in [5.74, 6) is 0. The smallest absolute Gasteiger partial charge is 0.223 e. The summed E-state index contributed by atoms with van der Waals surface area (Å²) >= 11 is 0. The number of pyridine rings is 2. The minimum Gasteiger partial charge on any atom is -0.271 e. The molecule has 0 radical (unpaired) electrons. The molecular weight excluding hydrogens is 368 g/mol. The van der Waals surface area contributed by atoms with Crippen LogP contribution in [-0.2, 0) is 6.54 Å². The third-order valence-corrected chi connectivity index (χ3v) is 4.96. The van der Waals surface area contributed by atoms with Crippen LogP contribution >= 0.6 is 0 Å². The summed E-state index contributed by atoms with van der Waals surface area (Å²) in [6.45, 7) is 1.70. The lowest BCUT2D eigenvalue weighted by atomic mass is 10.1. The molecule has 0 bridgehead atoms. The molecule has 3 nitrogen and oxygen atoms in total. The van der Waals surface area contributed by atoms with E-state index in [0.29, 0.717) is 6.61 Å². The summed E-state index contributed by atoms with van der Waals surface area (Å²) < 4.78 is 4.02. The van der Waals surface area contributed by atoms with E-state index in [0.717, 1.165) is 19.4 Å². The minimum absolute atomic E-state index is 0. The molecule has 2 aromatic carbocycles. The molecule has 0 spiro atoms. The van der Waals surface area contributed by atoms with Crippen molar-refractivity contribution in [3.8, 4) is 22.3 Å². The van der Waals surface area contributed by atoms with E-state index < -0.39 is 0 Å². The second-order valence-corrected chi connectivity index (χ2v) is 7.04. The standard InChI is InChI=1S/C26H26N2O.CH4/c1-3-9-23(10-4-1)25-13-18-27(19-14-25)17-7-8-22-29-28-20-15-26(16-21-28)24-11-5-2-6-12-24;/h1-6,9-16,18-21H,7-8,17,22H2;1H4/q+2;. The zero-order valence-corrected chi connectivity index (χ0v) is 16.5. The molecule has 0 aliphatic carbocycles. The molecule has 152 valence electrons. The Morgan fingerprint density at radius 2 is 1.00 bits per heavy atom. The van der Waals surface area contributed by atoms with Crippen LogP contribution in [0.2, 0.25) is 0 Å². The van der Waals surface area contributed by atoms with Gasteiger partial charge in [-0.25, -0.2) is 4.57 Å². The largest absolute Gasteiger partial charge is 0.271 e. The van der Waals surface area contributed by atoms with Crippen LogP contribution in [-0.4, -0.2) is 6.61 Å². The number of hydrogen-bond acceptors (Lipinski definition) is 1.